The summed E-state index contributed by atoms with van der Waals surface area (Å²) in [5, 5.41) is 3.16. The van der Waals surface area contributed by atoms with Crippen LogP contribution in [0.25, 0.3) is 0 Å². The zero-order valence-corrected chi connectivity index (χ0v) is 7.83. The molecule has 0 aromatic carbocycles. The summed E-state index contributed by atoms with van der Waals surface area (Å²) in [6.07, 6.45) is 3.73. The lowest BCUT2D eigenvalue weighted by molar-refractivity contribution is 0.608. The summed E-state index contributed by atoms with van der Waals surface area (Å²) in [4.78, 5) is 4.25. The summed E-state index contributed by atoms with van der Waals surface area (Å²) < 4.78 is 2.00. The fourth-order valence-corrected chi connectivity index (χ4v) is 1.25. The maximum absolute atomic E-state index is 4.25. The van der Waals surface area contributed by atoms with Crippen molar-refractivity contribution >= 4 is 0 Å². The molecular formula is C9H15N3. The fourth-order valence-electron chi connectivity index (χ4n) is 1.25. The lowest BCUT2D eigenvalue weighted by Crippen LogP contribution is -2.20. The Labute approximate surface area is 73.1 Å². The first-order valence-electron chi connectivity index (χ1n) is 3.96. The third-order valence-electron chi connectivity index (χ3n) is 1.90. The first-order chi connectivity index (χ1) is 5.66. The highest BCUT2D eigenvalue weighted by molar-refractivity contribution is 5.13. The molecule has 1 atom stereocenters. The van der Waals surface area contributed by atoms with E-state index < -0.39 is 0 Å². The number of aryl methyl sites for hydroxylation is 1. The Hall–Kier alpha value is -1.09. The third-order valence-corrected chi connectivity index (χ3v) is 1.90. The molecule has 0 aliphatic heterocycles. The predicted octanol–water partition coefficient (Wildman–Crippen LogP) is 1.26. The van der Waals surface area contributed by atoms with Crippen molar-refractivity contribution in [3.8, 4) is 0 Å². The van der Waals surface area contributed by atoms with Crippen molar-refractivity contribution in [1.29, 1.82) is 0 Å². The summed E-state index contributed by atoms with van der Waals surface area (Å²) in [5.74, 6) is 1.00. The quantitative estimate of drug-likeness (QED) is 0.683. The van der Waals surface area contributed by atoms with Crippen molar-refractivity contribution in [2.24, 2.45) is 7.05 Å². The van der Waals surface area contributed by atoms with Crippen LogP contribution in [0.15, 0.2) is 24.5 Å². The minimum atomic E-state index is 0.157. The first kappa shape index (κ1) is 9.00. The summed E-state index contributed by atoms with van der Waals surface area (Å²) in [6, 6.07) is 0.157. The zero-order valence-electron chi connectivity index (χ0n) is 7.83. The van der Waals surface area contributed by atoms with Crippen molar-refractivity contribution in [3.05, 3.63) is 30.4 Å². The van der Waals surface area contributed by atoms with Gasteiger partial charge in [0.15, 0.2) is 0 Å². The van der Waals surface area contributed by atoms with Crippen LogP contribution in [0.2, 0.25) is 0 Å². The van der Waals surface area contributed by atoms with E-state index in [-0.39, 0.29) is 6.04 Å². The van der Waals surface area contributed by atoms with E-state index in [1.54, 1.807) is 6.20 Å². The Bertz CT molecular complexity index is 275. The second-order valence-electron chi connectivity index (χ2n) is 2.96. The standard InChI is InChI=1S/C9H15N3/c1-7(2)8(10-3)9-11-5-6-12(9)4/h5-6,8,10H,1H2,2-4H3. The van der Waals surface area contributed by atoms with E-state index in [4.69, 9.17) is 0 Å². The summed E-state index contributed by atoms with van der Waals surface area (Å²) in [7, 11) is 3.89. The number of likely N-dealkylation sites (N-methyl/N-ethyl adjacent to an activating group) is 1. The molecule has 0 aliphatic rings. The molecule has 0 aliphatic carbocycles. The molecule has 12 heavy (non-hydrogen) atoms. The maximum atomic E-state index is 4.25. The number of hydrogen-bond donors (Lipinski definition) is 1. The van der Waals surface area contributed by atoms with Gasteiger partial charge >= 0.3 is 0 Å². The van der Waals surface area contributed by atoms with Crippen LogP contribution >= 0.6 is 0 Å². The molecule has 0 fully saturated rings. The topological polar surface area (TPSA) is 29.9 Å². The van der Waals surface area contributed by atoms with Gasteiger partial charge < -0.3 is 9.88 Å². The molecule has 1 aromatic rings. The normalized spacial score (nSPS) is 12.9. The average molecular weight is 165 g/mol. The Balaban J connectivity index is 2.94. The molecule has 3 nitrogen and oxygen atoms in total. The number of imidazole rings is 1. The van der Waals surface area contributed by atoms with E-state index in [9.17, 15) is 0 Å². The van der Waals surface area contributed by atoms with Gasteiger partial charge in [0, 0.05) is 19.4 Å². The molecule has 0 spiro atoms. The number of nitrogens with zero attached hydrogens (tertiary/aromatic N) is 2. The van der Waals surface area contributed by atoms with E-state index in [1.165, 1.54) is 0 Å². The average Bonchev–Trinajstić information content (AvgIpc) is 2.38. The van der Waals surface area contributed by atoms with Gasteiger partial charge in [0.1, 0.15) is 5.82 Å². The predicted molar refractivity (Wildman–Crippen MR) is 49.8 cm³/mol. The van der Waals surface area contributed by atoms with Crippen LogP contribution in [0.5, 0.6) is 0 Å². The van der Waals surface area contributed by atoms with Gasteiger partial charge in [0.05, 0.1) is 6.04 Å². The highest BCUT2D eigenvalue weighted by Crippen LogP contribution is 2.16. The van der Waals surface area contributed by atoms with Crippen LogP contribution in [0.4, 0.5) is 0 Å². The van der Waals surface area contributed by atoms with Gasteiger partial charge in [-0.3, -0.25) is 0 Å². The number of aromatic nitrogens is 2. The SMILES string of the molecule is C=C(C)C(NC)c1nccn1C. The van der Waals surface area contributed by atoms with E-state index in [0.717, 1.165) is 11.4 Å². The van der Waals surface area contributed by atoms with Crippen molar-refractivity contribution in [2.75, 3.05) is 7.05 Å². The molecule has 0 bridgehead atoms. The van der Waals surface area contributed by atoms with Crippen molar-refractivity contribution < 1.29 is 0 Å². The smallest absolute Gasteiger partial charge is 0.129 e. The molecule has 1 N–H and O–H groups in total. The van der Waals surface area contributed by atoms with Crippen molar-refractivity contribution in [1.82, 2.24) is 14.9 Å². The van der Waals surface area contributed by atoms with Crippen LogP contribution in [-0.2, 0) is 7.05 Å². The Morgan fingerprint density at radius 1 is 1.75 bits per heavy atom. The van der Waals surface area contributed by atoms with Gasteiger partial charge in [-0.2, -0.15) is 0 Å². The molecule has 0 radical (unpaired) electrons. The second-order valence-corrected chi connectivity index (χ2v) is 2.96. The minimum absolute atomic E-state index is 0.157. The van der Waals surface area contributed by atoms with Gasteiger partial charge in [-0.15, -0.1) is 0 Å². The van der Waals surface area contributed by atoms with Crippen LogP contribution in [-0.4, -0.2) is 16.6 Å². The first-order valence-corrected chi connectivity index (χ1v) is 3.96. The molecule has 1 heterocycles. The lowest BCUT2D eigenvalue weighted by atomic mass is 10.1. The molecule has 0 saturated heterocycles. The third kappa shape index (κ3) is 1.56. The Morgan fingerprint density at radius 2 is 2.42 bits per heavy atom. The van der Waals surface area contributed by atoms with E-state index in [0.29, 0.717) is 0 Å². The number of nitrogens with one attached hydrogen (secondary N) is 1. The van der Waals surface area contributed by atoms with E-state index in [1.807, 2.05) is 31.8 Å². The molecule has 1 rings (SSSR count). The van der Waals surface area contributed by atoms with Gasteiger partial charge in [0.2, 0.25) is 0 Å². The van der Waals surface area contributed by atoms with Crippen LogP contribution < -0.4 is 5.32 Å². The van der Waals surface area contributed by atoms with Crippen molar-refractivity contribution in [2.45, 2.75) is 13.0 Å². The number of rotatable bonds is 3. The zero-order chi connectivity index (χ0) is 9.14. The Kier molecular flexibility index (Phi) is 2.65. The van der Waals surface area contributed by atoms with Crippen LogP contribution in [0.3, 0.4) is 0 Å². The molecule has 66 valence electrons. The molecule has 3 heteroatoms. The highest BCUT2D eigenvalue weighted by Gasteiger charge is 2.13. The number of hydrogen-bond acceptors (Lipinski definition) is 2. The summed E-state index contributed by atoms with van der Waals surface area (Å²) in [5.41, 5.74) is 1.08. The molecule has 0 amide bonds. The Morgan fingerprint density at radius 3 is 2.75 bits per heavy atom. The fraction of sp³-hybridized carbons (Fsp3) is 0.444. The maximum Gasteiger partial charge on any atom is 0.129 e. The molecule has 0 saturated carbocycles. The largest absolute Gasteiger partial charge is 0.336 e. The van der Waals surface area contributed by atoms with Gasteiger partial charge in [-0.1, -0.05) is 12.2 Å². The van der Waals surface area contributed by atoms with Gasteiger partial charge in [0.25, 0.3) is 0 Å². The van der Waals surface area contributed by atoms with Crippen LogP contribution in [0.1, 0.15) is 18.8 Å². The van der Waals surface area contributed by atoms with Gasteiger partial charge in [-0.05, 0) is 14.0 Å². The minimum Gasteiger partial charge on any atom is -0.336 e. The lowest BCUT2D eigenvalue weighted by Gasteiger charge is -2.15. The van der Waals surface area contributed by atoms with Gasteiger partial charge in [-0.25, -0.2) is 4.98 Å². The summed E-state index contributed by atoms with van der Waals surface area (Å²) >= 11 is 0. The monoisotopic (exact) mass is 165 g/mol. The van der Waals surface area contributed by atoms with Crippen LogP contribution in [0, 0.1) is 0 Å². The van der Waals surface area contributed by atoms with Crippen molar-refractivity contribution in [3.63, 3.8) is 0 Å². The molecular weight excluding hydrogens is 150 g/mol. The molecule has 1 aromatic heterocycles. The molecule has 1 unspecified atom stereocenters. The highest BCUT2D eigenvalue weighted by atomic mass is 15.1. The second kappa shape index (κ2) is 3.54. The van der Waals surface area contributed by atoms with E-state index in [2.05, 4.69) is 16.9 Å². The van der Waals surface area contributed by atoms with E-state index >= 15 is 0 Å². The summed E-state index contributed by atoms with van der Waals surface area (Å²) in [6.45, 7) is 5.90.